The molecule has 0 spiro atoms. The average molecular weight is 226 g/mol. The zero-order chi connectivity index (χ0) is 11.7. The van der Waals surface area contributed by atoms with Gasteiger partial charge in [0, 0.05) is 19.6 Å². The third-order valence-electron chi connectivity index (χ3n) is 3.96. The van der Waals surface area contributed by atoms with Crippen LogP contribution >= 0.6 is 0 Å². The van der Waals surface area contributed by atoms with Crippen LogP contribution in [0.1, 0.15) is 26.2 Å². The van der Waals surface area contributed by atoms with Crippen molar-refractivity contribution in [3.63, 3.8) is 0 Å². The van der Waals surface area contributed by atoms with Gasteiger partial charge in [0.05, 0.1) is 5.92 Å². The van der Waals surface area contributed by atoms with Gasteiger partial charge in [-0.15, -0.1) is 0 Å². The Labute approximate surface area is 97.2 Å². The second-order valence-corrected chi connectivity index (χ2v) is 5.36. The lowest BCUT2D eigenvalue weighted by Crippen LogP contribution is -2.42. The first-order chi connectivity index (χ1) is 7.58. The number of carbonyl (C=O) groups excluding carboxylic acids is 1. The van der Waals surface area contributed by atoms with Crippen LogP contribution < -0.4 is 0 Å². The highest BCUT2D eigenvalue weighted by molar-refractivity contribution is 5.79. The van der Waals surface area contributed by atoms with Gasteiger partial charge in [0.2, 0.25) is 5.91 Å². The molecule has 0 aromatic heterocycles. The maximum atomic E-state index is 12.2. The largest absolute Gasteiger partial charge is 0.378 e. The van der Waals surface area contributed by atoms with Crippen LogP contribution in [-0.2, 0) is 4.79 Å². The first-order valence-corrected chi connectivity index (χ1v) is 6.25. The molecular weight excluding hydrogens is 204 g/mol. The Morgan fingerprint density at radius 1 is 1.31 bits per heavy atom. The summed E-state index contributed by atoms with van der Waals surface area (Å²) < 4.78 is 0. The summed E-state index contributed by atoms with van der Waals surface area (Å²) in [6.45, 7) is 4.74. The van der Waals surface area contributed by atoms with E-state index in [0.29, 0.717) is 13.0 Å². The topological polar surface area (TPSA) is 43.8 Å². The van der Waals surface area contributed by atoms with Crippen molar-refractivity contribution in [3.8, 4) is 0 Å². The van der Waals surface area contributed by atoms with E-state index in [4.69, 9.17) is 0 Å². The normalized spacial score (nSPS) is 33.3. The van der Waals surface area contributed by atoms with Crippen LogP contribution in [0, 0.1) is 11.8 Å². The molecule has 92 valence electrons. The molecule has 0 aromatic carbocycles. The monoisotopic (exact) mass is 226 g/mol. The maximum absolute atomic E-state index is 12.2. The molecule has 2 unspecified atom stereocenters. The highest BCUT2D eigenvalue weighted by Crippen LogP contribution is 2.24. The van der Waals surface area contributed by atoms with Gasteiger partial charge in [-0.2, -0.15) is 0 Å². The van der Waals surface area contributed by atoms with Crippen molar-refractivity contribution in [2.24, 2.45) is 11.8 Å². The zero-order valence-electron chi connectivity index (χ0n) is 10.2. The molecule has 1 N–H and O–H groups in total. The van der Waals surface area contributed by atoms with Gasteiger partial charge in [-0.05, 0) is 32.2 Å². The Balaban J connectivity index is 1.88. The number of piperidine rings is 1. The van der Waals surface area contributed by atoms with E-state index in [1.807, 2.05) is 16.8 Å². The van der Waals surface area contributed by atoms with Crippen LogP contribution in [0.2, 0.25) is 0 Å². The predicted octanol–water partition coefficient (Wildman–Crippen LogP) is 0.515. The van der Waals surface area contributed by atoms with Gasteiger partial charge in [0.15, 0.2) is 0 Å². The number of rotatable bonds is 1. The first-order valence-electron chi connectivity index (χ1n) is 6.25. The van der Waals surface area contributed by atoms with Crippen LogP contribution in [0.15, 0.2) is 0 Å². The van der Waals surface area contributed by atoms with Crippen molar-refractivity contribution in [2.45, 2.75) is 32.4 Å². The molecule has 4 heteroatoms. The number of amides is 1. The van der Waals surface area contributed by atoms with E-state index in [-0.39, 0.29) is 11.8 Å². The second-order valence-electron chi connectivity index (χ2n) is 5.36. The number of carbonyl (C=O) groups is 1. The molecule has 0 aromatic rings. The molecule has 0 radical (unpaired) electrons. The summed E-state index contributed by atoms with van der Waals surface area (Å²) in [7, 11) is 1.87. The molecule has 2 heterocycles. The minimum Gasteiger partial charge on any atom is -0.378 e. The molecule has 16 heavy (non-hydrogen) atoms. The Hall–Kier alpha value is -0.610. The number of aliphatic hydroxyl groups is 1. The number of likely N-dealkylation sites (tertiary alicyclic amines) is 2. The van der Waals surface area contributed by atoms with Crippen LogP contribution in [0.3, 0.4) is 0 Å². The van der Waals surface area contributed by atoms with Crippen LogP contribution in [0.5, 0.6) is 0 Å². The smallest absolute Gasteiger partial charge is 0.227 e. The standard InChI is InChI=1S/C12H22N2O2/c1-9-3-5-14(6-4-9)12(16)10-7-11(15)13(2)8-10/h9-11,15H,3-8H2,1-2H3. The van der Waals surface area contributed by atoms with Crippen LogP contribution in [0.4, 0.5) is 0 Å². The van der Waals surface area contributed by atoms with Gasteiger partial charge in [-0.25, -0.2) is 0 Å². The summed E-state index contributed by atoms with van der Waals surface area (Å²) in [5.74, 6) is 1.00. The molecule has 0 aliphatic carbocycles. The molecule has 2 atom stereocenters. The summed E-state index contributed by atoms with van der Waals surface area (Å²) in [6.07, 6.45) is 2.41. The predicted molar refractivity (Wildman–Crippen MR) is 61.7 cm³/mol. The quantitative estimate of drug-likeness (QED) is 0.708. The van der Waals surface area contributed by atoms with Crippen molar-refractivity contribution >= 4 is 5.91 Å². The van der Waals surface area contributed by atoms with Gasteiger partial charge >= 0.3 is 0 Å². The lowest BCUT2D eigenvalue weighted by atomic mass is 9.97. The Kier molecular flexibility index (Phi) is 3.50. The number of hydrogen-bond acceptors (Lipinski definition) is 3. The van der Waals surface area contributed by atoms with Gasteiger partial charge < -0.3 is 10.0 Å². The molecule has 2 rings (SSSR count). The number of hydrogen-bond donors (Lipinski definition) is 1. The van der Waals surface area contributed by atoms with E-state index in [2.05, 4.69) is 6.92 Å². The Bertz CT molecular complexity index is 252. The minimum absolute atomic E-state index is 0.00778. The van der Waals surface area contributed by atoms with Crippen molar-refractivity contribution in [1.29, 1.82) is 0 Å². The van der Waals surface area contributed by atoms with Crippen molar-refractivity contribution in [3.05, 3.63) is 0 Å². The molecule has 0 bridgehead atoms. The van der Waals surface area contributed by atoms with E-state index in [1.54, 1.807) is 0 Å². The van der Waals surface area contributed by atoms with Gasteiger partial charge in [-0.3, -0.25) is 9.69 Å². The third-order valence-corrected chi connectivity index (χ3v) is 3.96. The summed E-state index contributed by atoms with van der Waals surface area (Å²) in [5, 5.41) is 9.61. The van der Waals surface area contributed by atoms with E-state index in [9.17, 15) is 9.90 Å². The van der Waals surface area contributed by atoms with Crippen molar-refractivity contribution in [1.82, 2.24) is 9.80 Å². The maximum Gasteiger partial charge on any atom is 0.227 e. The summed E-state index contributed by atoms with van der Waals surface area (Å²) >= 11 is 0. The lowest BCUT2D eigenvalue weighted by Gasteiger charge is -2.32. The van der Waals surface area contributed by atoms with Crippen molar-refractivity contribution < 1.29 is 9.90 Å². The van der Waals surface area contributed by atoms with Crippen LogP contribution in [0.25, 0.3) is 0 Å². The van der Waals surface area contributed by atoms with Gasteiger partial charge in [0.1, 0.15) is 6.23 Å². The van der Waals surface area contributed by atoms with Gasteiger partial charge in [-0.1, -0.05) is 6.92 Å². The molecule has 1 amide bonds. The second kappa shape index (κ2) is 4.72. The fraction of sp³-hybridized carbons (Fsp3) is 0.917. The Morgan fingerprint density at radius 3 is 2.44 bits per heavy atom. The average Bonchev–Trinajstić information content (AvgIpc) is 2.59. The Morgan fingerprint density at radius 2 is 1.94 bits per heavy atom. The summed E-state index contributed by atoms with van der Waals surface area (Å²) in [5.41, 5.74) is 0. The van der Waals surface area contributed by atoms with E-state index in [0.717, 1.165) is 31.8 Å². The molecular formula is C12H22N2O2. The fourth-order valence-corrected chi connectivity index (χ4v) is 2.64. The van der Waals surface area contributed by atoms with E-state index >= 15 is 0 Å². The zero-order valence-corrected chi connectivity index (χ0v) is 10.2. The number of nitrogens with zero attached hydrogens (tertiary/aromatic N) is 2. The van der Waals surface area contributed by atoms with Gasteiger partial charge in [0.25, 0.3) is 0 Å². The molecule has 2 saturated heterocycles. The van der Waals surface area contributed by atoms with Crippen LogP contribution in [-0.4, -0.2) is 53.7 Å². The van der Waals surface area contributed by atoms with E-state index in [1.165, 1.54) is 0 Å². The minimum atomic E-state index is -0.433. The SMILES string of the molecule is CC1CCN(C(=O)C2CC(O)N(C)C2)CC1. The highest BCUT2D eigenvalue weighted by atomic mass is 16.3. The molecule has 2 aliphatic heterocycles. The third kappa shape index (κ3) is 2.38. The van der Waals surface area contributed by atoms with E-state index < -0.39 is 6.23 Å². The molecule has 0 saturated carbocycles. The molecule has 2 aliphatic rings. The highest BCUT2D eigenvalue weighted by Gasteiger charge is 2.35. The molecule has 2 fully saturated rings. The first kappa shape index (κ1) is 11.9. The summed E-state index contributed by atoms with van der Waals surface area (Å²) in [4.78, 5) is 16.0. The number of aliphatic hydroxyl groups excluding tert-OH is 1. The van der Waals surface area contributed by atoms with Crippen molar-refractivity contribution in [2.75, 3.05) is 26.7 Å². The summed E-state index contributed by atoms with van der Waals surface area (Å²) in [6, 6.07) is 0. The molecule has 4 nitrogen and oxygen atoms in total. The lowest BCUT2D eigenvalue weighted by molar-refractivity contribution is -0.136. The fourth-order valence-electron chi connectivity index (χ4n) is 2.64.